The van der Waals surface area contributed by atoms with Gasteiger partial charge in [0.15, 0.2) is 11.0 Å². The highest BCUT2D eigenvalue weighted by Crippen LogP contribution is 2.24. The van der Waals surface area contributed by atoms with E-state index in [2.05, 4.69) is 10.2 Å². The number of thiazole rings is 1. The van der Waals surface area contributed by atoms with Gasteiger partial charge in [0.25, 0.3) is 0 Å². The Bertz CT molecular complexity index is 1290. The number of carbonyl (C=O) groups excluding carboxylic acids is 1. The molecule has 164 valence electrons. The van der Waals surface area contributed by atoms with E-state index >= 15 is 0 Å². The maximum atomic E-state index is 12.7. The van der Waals surface area contributed by atoms with Crippen molar-refractivity contribution in [2.45, 2.75) is 31.0 Å². The lowest BCUT2D eigenvalue weighted by Crippen LogP contribution is -2.36. The molecule has 0 saturated carbocycles. The third kappa shape index (κ3) is 4.22. The van der Waals surface area contributed by atoms with E-state index in [1.165, 1.54) is 29.5 Å². The fourth-order valence-electron chi connectivity index (χ4n) is 4.00. The summed E-state index contributed by atoms with van der Waals surface area (Å²) < 4.78 is 4.63. The average molecular weight is 466 g/mol. The number of thioether (sulfide) groups is 1. The van der Waals surface area contributed by atoms with E-state index in [-0.39, 0.29) is 10.8 Å². The lowest BCUT2D eigenvalue weighted by Gasteiger charge is -2.26. The first-order valence-corrected chi connectivity index (χ1v) is 12.5. The van der Waals surface area contributed by atoms with Gasteiger partial charge in [0.05, 0.1) is 22.5 Å². The molecule has 4 aromatic rings. The monoisotopic (exact) mass is 465 g/mol. The highest BCUT2D eigenvalue weighted by atomic mass is 32.2. The van der Waals surface area contributed by atoms with Crippen LogP contribution >= 0.6 is 23.1 Å². The van der Waals surface area contributed by atoms with Crippen molar-refractivity contribution in [3.05, 3.63) is 70.1 Å². The number of fused-ring (bicyclic) bond motifs is 1. The van der Waals surface area contributed by atoms with Crippen LogP contribution < -0.4 is 4.87 Å². The Hall–Kier alpha value is -2.91. The molecule has 0 aliphatic carbocycles. The van der Waals surface area contributed by atoms with Crippen LogP contribution in [-0.4, -0.2) is 49.0 Å². The highest BCUT2D eigenvalue weighted by Gasteiger charge is 2.21. The summed E-state index contributed by atoms with van der Waals surface area (Å²) in [6.45, 7) is 1.99. The molecule has 32 heavy (non-hydrogen) atoms. The summed E-state index contributed by atoms with van der Waals surface area (Å²) in [4.78, 5) is 27.3. The number of benzene rings is 2. The molecular formula is C23H23N5O2S2. The van der Waals surface area contributed by atoms with Crippen molar-refractivity contribution in [3.63, 3.8) is 0 Å². The van der Waals surface area contributed by atoms with Crippen LogP contribution in [0.2, 0.25) is 0 Å². The van der Waals surface area contributed by atoms with Crippen LogP contribution in [0.1, 0.15) is 25.1 Å². The van der Waals surface area contributed by atoms with Crippen molar-refractivity contribution < 1.29 is 4.79 Å². The summed E-state index contributed by atoms with van der Waals surface area (Å²) >= 11 is 2.63. The van der Waals surface area contributed by atoms with Gasteiger partial charge in [0.2, 0.25) is 5.91 Å². The maximum Gasteiger partial charge on any atom is 0.308 e. The summed E-state index contributed by atoms with van der Waals surface area (Å²) in [6, 6.07) is 17.6. The van der Waals surface area contributed by atoms with Crippen LogP contribution in [0.3, 0.4) is 0 Å². The van der Waals surface area contributed by atoms with E-state index in [9.17, 15) is 9.59 Å². The Kier molecular flexibility index (Phi) is 6.09. The van der Waals surface area contributed by atoms with Gasteiger partial charge in [-0.05, 0) is 43.5 Å². The van der Waals surface area contributed by atoms with Gasteiger partial charge in [-0.1, -0.05) is 53.4 Å². The first-order valence-electron chi connectivity index (χ1n) is 10.7. The van der Waals surface area contributed by atoms with E-state index in [4.69, 9.17) is 0 Å². The zero-order chi connectivity index (χ0) is 21.9. The van der Waals surface area contributed by atoms with Crippen LogP contribution in [0.15, 0.2) is 64.5 Å². The Labute approximate surface area is 193 Å². The Morgan fingerprint density at radius 3 is 2.53 bits per heavy atom. The molecule has 5 rings (SSSR count). The lowest BCUT2D eigenvalue weighted by atomic mass is 10.1. The molecule has 1 aliphatic heterocycles. The fourth-order valence-corrected chi connectivity index (χ4v) is 5.76. The fraction of sp³-hybridized carbons (Fsp3) is 0.304. The van der Waals surface area contributed by atoms with Crippen molar-refractivity contribution in [2.75, 3.05) is 18.8 Å². The number of piperidine rings is 1. The molecular weight excluding hydrogens is 442 g/mol. The van der Waals surface area contributed by atoms with Gasteiger partial charge in [-0.25, -0.2) is 0 Å². The number of amides is 1. The lowest BCUT2D eigenvalue weighted by molar-refractivity contribution is -0.129. The zero-order valence-corrected chi connectivity index (χ0v) is 19.1. The third-order valence-electron chi connectivity index (χ3n) is 5.62. The molecule has 0 bridgehead atoms. The van der Waals surface area contributed by atoms with Crippen molar-refractivity contribution >= 4 is 39.2 Å². The van der Waals surface area contributed by atoms with Crippen LogP contribution in [0.25, 0.3) is 15.9 Å². The summed E-state index contributed by atoms with van der Waals surface area (Å²) in [6.07, 6.45) is 3.34. The molecule has 2 aromatic carbocycles. The molecule has 0 atom stereocenters. The quantitative estimate of drug-likeness (QED) is 0.405. The Balaban J connectivity index is 1.45. The number of nitrogens with zero attached hydrogens (tertiary/aromatic N) is 5. The third-order valence-corrected chi connectivity index (χ3v) is 7.50. The van der Waals surface area contributed by atoms with Gasteiger partial charge in [0.1, 0.15) is 0 Å². The molecule has 7 nitrogen and oxygen atoms in total. The largest absolute Gasteiger partial charge is 0.342 e. The number of para-hydroxylation sites is 2. The normalized spacial score (nSPS) is 14.2. The second-order valence-corrected chi connectivity index (χ2v) is 9.66. The predicted molar refractivity (Wildman–Crippen MR) is 128 cm³/mol. The Morgan fingerprint density at radius 1 is 0.969 bits per heavy atom. The smallest absolute Gasteiger partial charge is 0.308 e. The minimum atomic E-state index is -0.0247. The molecule has 2 aromatic heterocycles. The van der Waals surface area contributed by atoms with E-state index in [1.807, 2.05) is 64.1 Å². The number of hydrogen-bond acceptors (Lipinski definition) is 6. The number of likely N-dealkylation sites (tertiary alicyclic amines) is 1. The molecule has 9 heteroatoms. The number of rotatable bonds is 6. The number of aromatic nitrogens is 4. The maximum absolute atomic E-state index is 12.7. The van der Waals surface area contributed by atoms with Gasteiger partial charge in [-0.15, -0.1) is 10.2 Å². The van der Waals surface area contributed by atoms with Crippen molar-refractivity contribution in [1.82, 2.24) is 24.2 Å². The Morgan fingerprint density at radius 2 is 1.72 bits per heavy atom. The highest BCUT2D eigenvalue weighted by molar-refractivity contribution is 7.99. The molecule has 0 unspecified atom stereocenters. The average Bonchev–Trinajstić information content (AvgIpc) is 3.39. The van der Waals surface area contributed by atoms with Gasteiger partial charge >= 0.3 is 4.87 Å². The number of hydrogen-bond donors (Lipinski definition) is 0. The van der Waals surface area contributed by atoms with Gasteiger partial charge in [-0.2, -0.15) is 0 Å². The first kappa shape index (κ1) is 21.0. The van der Waals surface area contributed by atoms with Crippen LogP contribution in [-0.2, 0) is 11.3 Å². The second kappa shape index (κ2) is 9.30. The molecule has 1 fully saturated rings. The summed E-state index contributed by atoms with van der Waals surface area (Å²) in [5.74, 6) is 1.13. The summed E-state index contributed by atoms with van der Waals surface area (Å²) in [5, 5.41) is 9.47. The minimum absolute atomic E-state index is 0.0247. The van der Waals surface area contributed by atoms with Crippen molar-refractivity contribution in [3.8, 4) is 5.69 Å². The molecule has 1 saturated heterocycles. The molecule has 0 radical (unpaired) electrons. The number of carbonyl (C=O) groups is 1. The van der Waals surface area contributed by atoms with E-state index in [1.54, 1.807) is 4.57 Å². The topological polar surface area (TPSA) is 73.0 Å². The first-order chi connectivity index (χ1) is 15.7. The molecule has 0 N–H and O–H groups in total. The standard InChI is InChI=1S/C23H23N5O2S2/c29-21(26-13-7-2-8-14-26)16-31-22-25-24-20(28(22)17-9-3-1-4-10-17)15-27-18-11-5-6-12-19(18)32-23(27)30/h1,3-6,9-12H,2,7-8,13-16H2. The van der Waals surface area contributed by atoms with Crippen LogP contribution in [0.5, 0.6) is 0 Å². The zero-order valence-electron chi connectivity index (χ0n) is 17.5. The van der Waals surface area contributed by atoms with Gasteiger partial charge in [0, 0.05) is 18.8 Å². The molecule has 0 spiro atoms. The van der Waals surface area contributed by atoms with E-state index in [0.29, 0.717) is 23.3 Å². The van der Waals surface area contributed by atoms with Crippen molar-refractivity contribution in [1.29, 1.82) is 0 Å². The van der Waals surface area contributed by atoms with Crippen LogP contribution in [0, 0.1) is 0 Å². The summed E-state index contributed by atoms with van der Waals surface area (Å²) in [5.41, 5.74) is 1.80. The van der Waals surface area contributed by atoms with E-state index in [0.717, 1.165) is 41.8 Å². The van der Waals surface area contributed by atoms with Crippen molar-refractivity contribution in [2.24, 2.45) is 0 Å². The predicted octanol–water partition coefficient (Wildman–Crippen LogP) is 3.80. The van der Waals surface area contributed by atoms with Crippen LogP contribution in [0.4, 0.5) is 0 Å². The molecule has 1 amide bonds. The molecule has 3 heterocycles. The SMILES string of the molecule is O=C(CSc1nnc(Cn2c(=O)sc3ccccc32)n1-c1ccccc1)N1CCCCC1. The van der Waals surface area contributed by atoms with Gasteiger partial charge in [-0.3, -0.25) is 18.7 Å². The van der Waals surface area contributed by atoms with Gasteiger partial charge < -0.3 is 4.90 Å². The molecule has 1 aliphatic rings. The second-order valence-electron chi connectivity index (χ2n) is 7.72. The van der Waals surface area contributed by atoms with E-state index < -0.39 is 0 Å². The summed E-state index contributed by atoms with van der Waals surface area (Å²) in [7, 11) is 0. The minimum Gasteiger partial charge on any atom is -0.342 e.